The lowest BCUT2D eigenvalue weighted by Crippen LogP contribution is -2.43. The van der Waals surface area contributed by atoms with Crippen molar-refractivity contribution in [2.75, 3.05) is 33.2 Å². The van der Waals surface area contributed by atoms with E-state index in [1.807, 2.05) is 0 Å². The van der Waals surface area contributed by atoms with E-state index < -0.39 is 11.6 Å². The van der Waals surface area contributed by atoms with Crippen molar-refractivity contribution in [1.29, 1.82) is 0 Å². The molecule has 3 N–H and O–H groups in total. The number of phenols is 2. The number of likely N-dealkylation sites (N-methyl/N-ethyl adjacent to an activating group) is 1. The van der Waals surface area contributed by atoms with Gasteiger partial charge in [0.2, 0.25) is 0 Å². The molecule has 148 valence electrons. The Morgan fingerprint density at radius 1 is 0.931 bits per heavy atom. The summed E-state index contributed by atoms with van der Waals surface area (Å²) in [5, 5.41) is 22.3. The first kappa shape index (κ1) is 17.9. The molecule has 2 heterocycles. The van der Waals surface area contributed by atoms with Crippen LogP contribution in [0.4, 0.5) is 0 Å². The number of hydrogen-bond acceptors (Lipinski definition) is 6. The van der Waals surface area contributed by atoms with Gasteiger partial charge in [-0.05, 0) is 12.6 Å². The molecule has 5 rings (SSSR count). The highest BCUT2D eigenvalue weighted by molar-refractivity contribution is 6.32. The van der Waals surface area contributed by atoms with Crippen molar-refractivity contribution in [3.05, 3.63) is 58.3 Å². The van der Waals surface area contributed by atoms with Crippen LogP contribution in [0.25, 0.3) is 10.9 Å². The molecule has 29 heavy (non-hydrogen) atoms. The van der Waals surface area contributed by atoms with Gasteiger partial charge in [0.1, 0.15) is 5.75 Å². The van der Waals surface area contributed by atoms with Crippen molar-refractivity contribution in [1.82, 2.24) is 14.8 Å². The largest absolute Gasteiger partial charge is 0.506 e. The Bertz CT molecular complexity index is 1170. The number of rotatable bonds is 2. The number of aromatic amines is 1. The van der Waals surface area contributed by atoms with Gasteiger partial charge in [0.15, 0.2) is 17.3 Å². The van der Waals surface area contributed by atoms with Crippen LogP contribution in [0, 0.1) is 0 Å². The molecule has 1 aliphatic heterocycles. The Kier molecular flexibility index (Phi) is 3.97. The van der Waals surface area contributed by atoms with E-state index in [-0.39, 0.29) is 39.3 Å². The molecular formula is C22H21N3O4. The molecule has 1 aromatic heterocycles. The van der Waals surface area contributed by atoms with Gasteiger partial charge in [0.05, 0.1) is 22.0 Å². The van der Waals surface area contributed by atoms with Gasteiger partial charge in [0.25, 0.3) is 0 Å². The third-order valence-corrected chi connectivity index (χ3v) is 6.02. The van der Waals surface area contributed by atoms with E-state index in [2.05, 4.69) is 21.8 Å². The molecule has 0 saturated carbocycles. The minimum absolute atomic E-state index is 0.113. The number of aromatic nitrogens is 1. The SMILES string of the molecule is CN1CCN(Cc2c[nH]c3c(O)c4c(c(O)c23)C(=O)c2ccccc2C4=O)CC1. The Morgan fingerprint density at radius 3 is 2.14 bits per heavy atom. The lowest BCUT2D eigenvalue weighted by atomic mass is 9.82. The molecule has 2 aliphatic rings. The lowest BCUT2D eigenvalue weighted by Gasteiger charge is -2.32. The van der Waals surface area contributed by atoms with Crippen LogP contribution < -0.4 is 0 Å². The molecule has 1 fully saturated rings. The zero-order valence-corrected chi connectivity index (χ0v) is 16.0. The second-order valence-corrected chi connectivity index (χ2v) is 7.79. The van der Waals surface area contributed by atoms with E-state index in [1.165, 1.54) is 0 Å². The molecular weight excluding hydrogens is 370 g/mol. The fraction of sp³-hybridized carbons (Fsp3) is 0.273. The molecule has 2 aromatic carbocycles. The molecule has 0 unspecified atom stereocenters. The fourth-order valence-electron chi connectivity index (χ4n) is 4.37. The summed E-state index contributed by atoms with van der Waals surface area (Å²) in [5.41, 5.74) is 1.31. The van der Waals surface area contributed by atoms with E-state index in [1.54, 1.807) is 30.5 Å². The Labute approximate surface area is 167 Å². The van der Waals surface area contributed by atoms with Crippen molar-refractivity contribution >= 4 is 22.5 Å². The minimum Gasteiger partial charge on any atom is -0.506 e. The van der Waals surface area contributed by atoms with Crippen molar-refractivity contribution in [2.24, 2.45) is 0 Å². The highest BCUT2D eigenvalue weighted by Gasteiger charge is 2.37. The van der Waals surface area contributed by atoms with Crippen LogP contribution in [0.15, 0.2) is 30.5 Å². The van der Waals surface area contributed by atoms with Gasteiger partial charge in [-0.1, -0.05) is 24.3 Å². The van der Waals surface area contributed by atoms with E-state index >= 15 is 0 Å². The van der Waals surface area contributed by atoms with Crippen molar-refractivity contribution in [3.8, 4) is 11.5 Å². The second-order valence-electron chi connectivity index (χ2n) is 7.79. The van der Waals surface area contributed by atoms with Gasteiger partial charge in [-0.15, -0.1) is 0 Å². The third-order valence-electron chi connectivity index (χ3n) is 6.02. The van der Waals surface area contributed by atoms with Crippen LogP contribution in [0.2, 0.25) is 0 Å². The molecule has 7 nitrogen and oxygen atoms in total. The van der Waals surface area contributed by atoms with Gasteiger partial charge in [-0.25, -0.2) is 0 Å². The number of fused-ring (bicyclic) bond motifs is 3. The zero-order chi connectivity index (χ0) is 20.3. The summed E-state index contributed by atoms with van der Waals surface area (Å²) in [5.74, 6) is -1.44. The van der Waals surface area contributed by atoms with E-state index in [9.17, 15) is 19.8 Å². The van der Waals surface area contributed by atoms with Gasteiger partial charge in [0, 0.05) is 50.0 Å². The average Bonchev–Trinajstić information content (AvgIpc) is 3.15. The highest BCUT2D eigenvalue weighted by atomic mass is 16.3. The summed E-state index contributed by atoms with van der Waals surface area (Å²) >= 11 is 0. The maximum absolute atomic E-state index is 13.1. The summed E-state index contributed by atoms with van der Waals surface area (Å²) in [7, 11) is 2.08. The van der Waals surface area contributed by atoms with Gasteiger partial charge in [-0.3, -0.25) is 14.5 Å². The molecule has 3 aromatic rings. The number of nitrogens with zero attached hydrogens (tertiary/aromatic N) is 2. The number of benzene rings is 2. The number of hydrogen-bond donors (Lipinski definition) is 3. The van der Waals surface area contributed by atoms with Crippen LogP contribution in [-0.2, 0) is 6.54 Å². The summed E-state index contributed by atoms with van der Waals surface area (Å²) in [6.45, 7) is 4.28. The van der Waals surface area contributed by atoms with Gasteiger partial charge >= 0.3 is 0 Å². The average molecular weight is 391 g/mol. The number of nitrogens with one attached hydrogen (secondary N) is 1. The normalized spacial score (nSPS) is 17.6. The molecule has 0 amide bonds. The third kappa shape index (κ3) is 2.58. The topological polar surface area (TPSA) is 96.9 Å². The number of ketones is 2. The van der Waals surface area contributed by atoms with Gasteiger partial charge < -0.3 is 20.1 Å². The van der Waals surface area contributed by atoms with E-state index in [0.717, 1.165) is 31.7 Å². The monoisotopic (exact) mass is 391 g/mol. The maximum Gasteiger partial charge on any atom is 0.198 e. The maximum atomic E-state index is 13.1. The zero-order valence-electron chi connectivity index (χ0n) is 16.0. The highest BCUT2D eigenvalue weighted by Crippen LogP contribution is 2.45. The van der Waals surface area contributed by atoms with Crippen molar-refractivity contribution in [3.63, 3.8) is 0 Å². The number of piperazine rings is 1. The van der Waals surface area contributed by atoms with Crippen LogP contribution in [0.5, 0.6) is 11.5 Å². The molecule has 0 atom stereocenters. The first-order chi connectivity index (χ1) is 14.0. The molecule has 7 heteroatoms. The molecule has 0 bridgehead atoms. The number of carbonyl (C=O) groups excluding carboxylic acids is 2. The quantitative estimate of drug-likeness (QED) is 0.453. The van der Waals surface area contributed by atoms with Crippen LogP contribution >= 0.6 is 0 Å². The fourth-order valence-corrected chi connectivity index (χ4v) is 4.37. The van der Waals surface area contributed by atoms with Crippen molar-refractivity contribution in [2.45, 2.75) is 6.54 Å². The Balaban J connectivity index is 1.66. The Morgan fingerprint density at radius 2 is 1.52 bits per heavy atom. The molecule has 1 aliphatic carbocycles. The molecule has 0 radical (unpaired) electrons. The number of aromatic hydroxyl groups is 2. The van der Waals surface area contributed by atoms with Crippen molar-refractivity contribution < 1.29 is 19.8 Å². The molecule has 0 spiro atoms. The lowest BCUT2D eigenvalue weighted by molar-refractivity contribution is 0.0974. The minimum atomic E-state index is -0.458. The number of phenolic OH excluding ortho intramolecular Hbond substituents is 2. The van der Waals surface area contributed by atoms with E-state index in [4.69, 9.17) is 0 Å². The Hall–Kier alpha value is -3.16. The first-order valence-corrected chi connectivity index (χ1v) is 9.64. The second kappa shape index (κ2) is 6.43. The smallest absolute Gasteiger partial charge is 0.198 e. The number of carbonyl (C=O) groups is 2. The predicted molar refractivity (Wildman–Crippen MR) is 108 cm³/mol. The summed E-state index contributed by atoms with van der Waals surface area (Å²) in [6.07, 6.45) is 1.73. The predicted octanol–water partition coefficient (Wildman–Crippen LogP) is 2.10. The standard InChI is InChI=1S/C22H21N3O4/c1-24-6-8-25(9-7-24)11-12-10-23-18-15(12)21(28)16-17(22(18)29)20(27)14-5-3-2-4-13(14)19(16)26/h2-5,10,23,28-29H,6-9,11H2,1H3. The first-order valence-electron chi connectivity index (χ1n) is 9.64. The van der Waals surface area contributed by atoms with Crippen LogP contribution in [-0.4, -0.2) is 69.8 Å². The van der Waals surface area contributed by atoms with Crippen LogP contribution in [0.1, 0.15) is 37.4 Å². The van der Waals surface area contributed by atoms with Gasteiger partial charge in [-0.2, -0.15) is 0 Å². The summed E-state index contributed by atoms with van der Waals surface area (Å²) in [6, 6.07) is 6.49. The number of H-pyrrole nitrogens is 1. The summed E-state index contributed by atoms with van der Waals surface area (Å²) < 4.78 is 0. The van der Waals surface area contributed by atoms with E-state index in [0.29, 0.717) is 11.9 Å². The molecule has 1 saturated heterocycles. The van der Waals surface area contributed by atoms with Crippen LogP contribution in [0.3, 0.4) is 0 Å². The summed E-state index contributed by atoms with van der Waals surface area (Å²) in [4.78, 5) is 33.6.